The van der Waals surface area contributed by atoms with Gasteiger partial charge < -0.3 is 5.32 Å². The van der Waals surface area contributed by atoms with Crippen LogP contribution in [0.25, 0.3) is 0 Å². The maximum absolute atomic E-state index is 12.3. The van der Waals surface area contributed by atoms with Gasteiger partial charge in [0, 0.05) is 25.5 Å². The van der Waals surface area contributed by atoms with E-state index in [0.717, 1.165) is 31.5 Å². The number of pyridine rings is 1. The highest BCUT2D eigenvalue weighted by atomic mass is 32.2. The standard InChI is InChI=1S/C13H21N3O2S/c1-16(13-4-9-15-10-5-13)19(17,18)11-6-12-2-7-14-8-3-12/h2-3,7-8,13,15H,4-6,9-11H2,1H3. The second-order valence-electron chi connectivity index (χ2n) is 4.92. The van der Waals surface area contributed by atoms with Crippen LogP contribution in [0.5, 0.6) is 0 Å². The molecule has 0 aliphatic carbocycles. The zero-order valence-electron chi connectivity index (χ0n) is 11.2. The molecule has 0 amide bonds. The van der Waals surface area contributed by atoms with Crippen LogP contribution in [0.15, 0.2) is 24.5 Å². The predicted molar refractivity (Wildman–Crippen MR) is 75.4 cm³/mol. The van der Waals surface area contributed by atoms with E-state index in [2.05, 4.69) is 10.3 Å². The molecule has 1 N–H and O–H groups in total. The quantitative estimate of drug-likeness (QED) is 0.861. The van der Waals surface area contributed by atoms with Crippen molar-refractivity contribution in [3.8, 4) is 0 Å². The summed E-state index contributed by atoms with van der Waals surface area (Å²) in [7, 11) is -1.47. The highest BCUT2D eigenvalue weighted by Gasteiger charge is 2.27. The summed E-state index contributed by atoms with van der Waals surface area (Å²) in [5.74, 6) is 0.164. The number of nitrogens with zero attached hydrogens (tertiary/aromatic N) is 2. The number of aryl methyl sites for hydroxylation is 1. The third kappa shape index (κ3) is 3.99. The van der Waals surface area contributed by atoms with Crippen molar-refractivity contribution in [3.05, 3.63) is 30.1 Å². The van der Waals surface area contributed by atoms with Crippen LogP contribution in [0.2, 0.25) is 0 Å². The molecule has 2 rings (SSSR count). The maximum atomic E-state index is 12.3. The molecule has 1 aromatic rings. The highest BCUT2D eigenvalue weighted by Crippen LogP contribution is 2.15. The molecular weight excluding hydrogens is 262 g/mol. The largest absolute Gasteiger partial charge is 0.317 e. The molecular formula is C13H21N3O2S. The van der Waals surface area contributed by atoms with Crippen molar-refractivity contribution >= 4 is 10.0 Å². The minimum Gasteiger partial charge on any atom is -0.317 e. The van der Waals surface area contributed by atoms with E-state index in [0.29, 0.717) is 6.42 Å². The second kappa shape index (κ2) is 6.45. The van der Waals surface area contributed by atoms with Crippen molar-refractivity contribution in [2.45, 2.75) is 25.3 Å². The van der Waals surface area contributed by atoms with Crippen molar-refractivity contribution in [3.63, 3.8) is 0 Å². The number of hydrogen-bond donors (Lipinski definition) is 1. The van der Waals surface area contributed by atoms with E-state index < -0.39 is 10.0 Å². The van der Waals surface area contributed by atoms with E-state index >= 15 is 0 Å². The molecule has 19 heavy (non-hydrogen) atoms. The molecule has 6 heteroatoms. The minimum absolute atomic E-state index is 0.142. The summed E-state index contributed by atoms with van der Waals surface area (Å²) in [5, 5.41) is 3.25. The van der Waals surface area contributed by atoms with Gasteiger partial charge in [0.2, 0.25) is 10.0 Å². The zero-order valence-corrected chi connectivity index (χ0v) is 12.1. The van der Waals surface area contributed by atoms with Crippen LogP contribution in [-0.4, -0.2) is 49.6 Å². The van der Waals surface area contributed by atoms with E-state index in [-0.39, 0.29) is 11.8 Å². The number of aromatic nitrogens is 1. The third-order valence-electron chi connectivity index (χ3n) is 3.66. The van der Waals surface area contributed by atoms with Crippen molar-refractivity contribution in [2.24, 2.45) is 0 Å². The van der Waals surface area contributed by atoms with Crippen LogP contribution in [-0.2, 0) is 16.4 Å². The fourth-order valence-electron chi connectivity index (χ4n) is 2.34. The summed E-state index contributed by atoms with van der Waals surface area (Å²) < 4.78 is 26.2. The topological polar surface area (TPSA) is 62.3 Å². The number of sulfonamides is 1. The normalized spacial score (nSPS) is 17.8. The van der Waals surface area contributed by atoms with E-state index in [9.17, 15) is 8.42 Å². The molecule has 0 atom stereocenters. The van der Waals surface area contributed by atoms with Gasteiger partial charge in [-0.3, -0.25) is 4.98 Å². The Bertz CT molecular complexity index is 484. The van der Waals surface area contributed by atoms with E-state index in [1.165, 1.54) is 0 Å². The van der Waals surface area contributed by atoms with Crippen LogP contribution in [0.1, 0.15) is 18.4 Å². The molecule has 106 valence electrons. The van der Waals surface area contributed by atoms with Gasteiger partial charge in [-0.2, -0.15) is 0 Å². The van der Waals surface area contributed by atoms with Gasteiger partial charge in [0.25, 0.3) is 0 Å². The van der Waals surface area contributed by atoms with Crippen molar-refractivity contribution in [2.75, 3.05) is 25.9 Å². The SMILES string of the molecule is CN(C1CCNCC1)S(=O)(=O)CCc1ccncc1. The highest BCUT2D eigenvalue weighted by molar-refractivity contribution is 7.89. The monoisotopic (exact) mass is 283 g/mol. The molecule has 0 unspecified atom stereocenters. The molecule has 1 aliphatic rings. The van der Waals surface area contributed by atoms with Crippen LogP contribution < -0.4 is 5.32 Å². The van der Waals surface area contributed by atoms with Crippen molar-refractivity contribution in [1.29, 1.82) is 0 Å². The smallest absolute Gasteiger partial charge is 0.214 e. The van der Waals surface area contributed by atoms with Gasteiger partial charge >= 0.3 is 0 Å². The Morgan fingerprint density at radius 2 is 1.95 bits per heavy atom. The lowest BCUT2D eigenvalue weighted by Gasteiger charge is -2.30. The lowest BCUT2D eigenvalue weighted by Crippen LogP contribution is -2.44. The Kier molecular flexibility index (Phi) is 4.90. The van der Waals surface area contributed by atoms with Crippen molar-refractivity contribution < 1.29 is 8.42 Å². The molecule has 0 saturated carbocycles. The molecule has 1 saturated heterocycles. The van der Waals surface area contributed by atoms with Gasteiger partial charge in [-0.25, -0.2) is 12.7 Å². The van der Waals surface area contributed by atoms with Crippen LogP contribution in [0.3, 0.4) is 0 Å². The van der Waals surface area contributed by atoms with Crippen LogP contribution in [0.4, 0.5) is 0 Å². The maximum Gasteiger partial charge on any atom is 0.214 e. The molecule has 1 aromatic heterocycles. The van der Waals surface area contributed by atoms with E-state index in [4.69, 9.17) is 0 Å². The van der Waals surface area contributed by atoms with E-state index in [1.54, 1.807) is 23.7 Å². The fourth-order valence-corrected chi connectivity index (χ4v) is 3.78. The van der Waals surface area contributed by atoms with Gasteiger partial charge in [-0.05, 0) is 50.0 Å². The molecule has 0 bridgehead atoms. The lowest BCUT2D eigenvalue weighted by atomic mass is 10.1. The molecule has 1 fully saturated rings. The first-order chi connectivity index (χ1) is 9.09. The summed E-state index contributed by atoms with van der Waals surface area (Å²) in [6.07, 6.45) is 5.72. The molecule has 2 heterocycles. The number of rotatable bonds is 5. The summed E-state index contributed by atoms with van der Waals surface area (Å²) in [4.78, 5) is 3.93. The molecule has 0 radical (unpaired) electrons. The first-order valence-corrected chi connectivity index (χ1v) is 8.26. The van der Waals surface area contributed by atoms with Gasteiger partial charge in [-0.1, -0.05) is 0 Å². The molecule has 0 spiro atoms. The van der Waals surface area contributed by atoms with Gasteiger partial charge in [0.15, 0.2) is 0 Å². The number of nitrogens with one attached hydrogen (secondary N) is 1. The Labute approximate surface area is 115 Å². The third-order valence-corrected chi connectivity index (χ3v) is 5.56. The Morgan fingerprint density at radius 1 is 1.32 bits per heavy atom. The average Bonchev–Trinajstić information content (AvgIpc) is 2.46. The van der Waals surface area contributed by atoms with E-state index in [1.807, 2.05) is 12.1 Å². The van der Waals surface area contributed by atoms with Gasteiger partial charge in [-0.15, -0.1) is 0 Å². The number of piperidine rings is 1. The Balaban J connectivity index is 1.93. The van der Waals surface area contributed by atoms with Gasteiger partial charge in [0.1, 0.15) is 0 Å². The molecule has 1 aliphatic heterocycles. The van der Waals surface area contributed by atoms with Crippen molar-refractivity contribution in [1.82, 2.24) is 14.6 Å². The van der Waals surface area contributed by atoms with Crippen LogP contribution in [0, 0.1) is 0 Å². The Morgan fingerprint density at radius 3 is 2.58 bits per heavy atom. The number of hydrogen-bond acceptors (Lipinski definition) is 4. The first-order valence-electron chi connectivity index (χ1n) is 6.65. The van der Waals surface area contributed by atoms with Gasteiger partial charge in [0.05, 0.1) is 5.75 Å². The average molecular weight is 283 g/mol. The summed E-state index contributed by atoms with van der Waals surface area (Å²) in [5.41, 5.74) is 1.01. The molecule has 5 nitrogen and oxygen atoms in total. The summed E-state index contributed by atoms with van der Waals surface area (Å²) >= 11 is 0. The zero-order chi connectivity index (χ0) is 13.7. The summed E-state index contributed by atoms with van der Waals surface area (Å²) in [6.45, 7) is 1.80. The Hall–Kier alpha value is -0.980. The minimum atomic E-state index is -3.17. The first kappa shape index (κ1) is 14.4. The lowest BCUT2D eigenvalue weighted by molar-refractivity contribution is 0.296. The second-order valence-corrected chi connectivity index (χ2v) is 7.07. The predicted octanol–water partition coefficient (Wildman–Crippen LogP) is 0.638. The molecule has 0 aromatic carbocycles. The van der Waals surface area contributed by atoms with Crippen LogP contribution >= 0.6 is 0 Å². The summed E-state index contributed by atoms with van der Waals surface area (Å²) in [6, 6.07) is 3.86. The fraction of sp³-hybridized carbons (Fsp3) is 0.615.